The Morgan fingerprint density at radius 3 is 2.81 bits per heavy atom. The molecule has 1 spiro atoms. The van der Waals surface area contributed by atoms with Crippen molar-refractivity contribution >= 4 is 27.5 Å². The molecule has 84 valence electrons. The summed E-state index contributed by atoms with van der Waals surface area (Å²) >= 11 is 3.38. The van der Waals surface area contributed by atoms with Crippen LogP contribution < -0.4 is 10.1 Å². The number of amides is 1. The van der Waals surface area contributed by atoms with Gasteiger partial charge in [-0.05, 0) is 43.9 Å². The van der Waals surface area contributed by atoms with Crippen LogP contribution in [0.1, 0.15) is 25.7 Å². The summed E-state index contributed by atoms with van der Waals surface area (Å²) in [5.74, 6) is 0.792. The topological polar surface area (TPSA) is 38.3 Å². The number of halogens is 1. The number of hydrogen-bond acceptors (Lipinski definition) is 2. The van der Waals surface area contributed by atoms with Crippen molar-refractivity contribution in [3.63, 3.8) is 0 Å². The van der Waals surface area contributed by atoms with Crippen LogP contribution in [0.25, 0.3) is 0 Å². The van der Waals surface area contributed by atoms with Gasteiger partial charge in [-0.3, -0.25) is 4.79 Å². The van der Waals surface area contributed by atoms with E-state index in [-0.39, 0.29) is 5.91 Å². The van der Waals surface area contributed by atoms with E-state index in [2.05, 4.69) is 21.2 Å². The van der Waals surface area contributed by atoms with Crippen molar-refractivity contribution in [1.82, 2.24) is 0 Å². The fraction of sp³-hybridized carbons (Fsp3) is 0.417. The van der Waals surface area contributed by atoms with E-state index in [4.69, 9.17) is 4.74 Å². The third-order valence-corrected chi connectivity index (χ3v) is 3.81. The first kappa shape index (κ1) is 10.1. The Bertz CT molecular complexity index is 452. The molecule has 1 aromatic rings. The van der Waals surface area contributed by atoms with Crippen molar-refractivity contribution in [1.29, 1.82) is 0 Å². The van der Waals surface area contributed by atoms with E-state index in [1.807, 2.05) is 18.2 Å². The molecule has 1 saturated carbocycles. The van der Waals surface area contributed by atoms with Crippen molar-refractivity contribution in [2.75, 3.05) is 5.32 Å². The maximum atomic E-state index is 12.0. The molecular formula is C12H12BrNO2. The van der Waals surface area contributed by atoms with Gasteiger partial charge in [0.25, 0.3) is 5.91 Å². The molecule has 4 heteroatoms. The highest BCUT2D eigenvalue weighted by molar-refractivity contribution is 9.10. The predicted molar refractivity (Wildman–Crippen MR) is 64.6 cm³/mol. The van der Waals surface area contributed by atoms with Gasteiger partial charge in [0, 0.05) is 4.47 Å². The minimum Gasteiger partial charge on any atom is -0.475 e. The van der Waals surface area contributed by atoms with Gasteiger partial charge >= 0.3 is 0 Å². The fourth-order valence-corrected chi connectivity index (χ4v) is 2.82. The monoisotopic (exact) mass is 281 g/mol. The second kappa shape index (κ2) is 3.48. The zero-order valence-electron chi connectivity index (χ0n) is 8.75. The summed E-state index contributed by atoms with van der Waals surface area (Å²) in [4.78, 5) is 12.0. The van der Waals surface area contributed by atoms with Gasteiger partial charge in [0.1, 0.15) is 5.75 Å². The first-order chi connectivity index (χ1) is 7.70. The lowest BCUT2D eigenvalue weighted by molar-refractivity contribution is -0.131. The van der Waals surface area contributed by atoms with Gasteiger partial charge in [0.2, 0.25) is 0 Å². The number of carbonyl (C=O) groups excluding carboxylic acids is 1. The van der Waals surface area contributed by atoms with Gasteiger partial charge in [-0.2, -0.15) is 0 Å². The van der Waals surface area contributed by atoms with E-state index < -0.39 is 5.60 Å². The molecule has 0 aromatic heterocycles. The second-order valence-electron chi connectivity index (χ2n) is 4.40. The average molecular weight is 282 g/mol. The summed E-state index contributed by atoms with van der Waals surface area (Å²) in [6.45, 7) is 0. The smallest absolute Gasteiger partial charge is 0.268 e. The van der Waals surface area contributed by atoms with Crippen LogP contribution in [0.5, 0.6) is 5.75 Å². The Labute approximate surface area is 102 Å². The summed E-state index contributed by atoms with van der Waals surface area (Å²) in [7, 11) is 0. The summed E-state index contributed by atoms with van der Waals surface area (Å²) in [6.07, 6.45) is 3.79. The van der Waals surface area contributed by atoms with Gasteiger partial charge in [0.05, 0.1) is 5.69 Å². The molecular weight excluding hydrogens is 270 g/mol. The van der Waals surface area contributed by atoms with Gasteiger partial charge < -0.3 is 10.1 Å². The maximum absolute atomic E-state index is 12.0. The average Bonchev–Trinajstić information content (AvgIpc) is 2.70. The summed E-state index contributed by atoms with van der Waals surface area (Å²) < 4.78 is 6.86. The molecule has 0 saturated heterocycles. The first-order valence-electron chi connectivity index (χ1n) is 5.50. The Kier molecular flexibility index (Phi) is 2.21. The summed E-state index contributed by atoms with van der Waals surface area (Å²) in [6, 6.07) is 5.70. The first-order valence-corrected chi connectivity index (χ1v) is 6.29. The molecule has 1 aliphatic carbocycles. The van der Waals surface area contributed by atoms with Crippen LogP contribution in [0, 0.1) is 0 Å². The van der Waals surface area contributed by atoms with E-state index in [1.54, 1.807) is 0 Å². The van der Waals surface area contributed by atoms with Gasteiger partial charge in [-0.15, -0.1) is 0 Å². The largest absolute Gasteiger partial charge is 0.475 e. The molecule has 3 rings (SSSR count). The van der Waals surface area contributed by atoms with Crippen molar-refractivity contribution in [2.45, 2.75) is 31.3 Å². The van der Waals surface area contributed by atoms with Crippen molar-refractivity contribution in [3.05, 3.63) is 22.7 Å². The number of hydrogen-bond donors (Lipinski definition) is 1. The lowest BCUT2D eigenvalue weighted by atomic mass is 9.99. The molecule has 3 nitrogen and oxygen atoms in total. The summed E-state index contributed by atoms with van der Waals surface area (Å²) in [5, 5.41) is 2.94. The van der Waals surface area contributed by atoms with E-state index in [9.17, 15) is 4.79 Å². The molecule has 1 N–H and O–H groups in total. The van der Waals surface area contributed by atoms with Gasteiger partial charge in [0.15, 0.2) is 5.60 Å². The molecule has 1 aliphatic heterocycles. The van der Waals surface area contributed by atoms with Crippen molar-refractivity contribution < 1.29 is 9.53 Å². The van der Waals surface area contributed by atoms with Crippen LogP contribution in [0.15, 0.2) is 22.7 Å². The Balaban J connectivity index is 2.01. The van der Waals surface area contributed by atoms with E-state index in [0.29, 0.717) is 0 Å². The van der Waals surface area contributed by atoms with Crippen LogP contribution in [-0.4, -0.2) is 11.5 Å². The lowest BCUT2D eigenvalue weighted by Crippen LogP contribution is -2.48. The number of fused-ring (bicyclic) bond motifs is 1. The normalized spacial score (nSPS) is 21.4. The number of nitrogens with one attached hydrogen (secondary N) is 1. The molecule has 0 bridgehead atoms. The number of carbonyl (C=O) groups is 1. The molecule has 2 aliphatic rings. The molecule has 1 heterocycles. The minimum absolute atomic E-state index is 0.00981. The van der Waals surface area contributed by atoms with Crippen LogP contribution in [0.3, 0.4) is 0 Å². The van der Waals surface area contributed by atoms with Crippen LogP contribution >= 0.6 is 15.9 Å². The quantitative estimate of drug-likeness (QED) is 0.794. The maximum Gasteiger partial charge on any atom is 0.268 e. The zero-order chi connectivity index (χ0) is 11.2. The van der Waals surface area contributed by atoms with E-state index >= 15 is 0 Å². The molecule has 0 atom stereocenters. The van der Waals surface area contributed by atoms with Gasteiger partial charge in [-0.1, -0.05) is 15.9 Å². The van der Waals surface area contributed by atoms with Crippen molar-refractivity contribution in [3.8, 4) is 5.75 Å². The number of anilines is 1. The Morgan fingerprint density at radius 2 is 2.06 bits per heavy atom. The zero-order valence-corrected chi connectivity index (χ0v) is 10.3. The van der Waals surface area contributed by atoms with E-state index in [0.717, 1.165) is 41.6 Å². The number of benzene rings is 1. The number of rotatable bonds is 0. The lowest BCUT2D eigenvalue weighted by Gasteiger charge is -2.34. The SMILES string of the molecule is O=C1Nc2cc(Br)ccc2OC12CCCC2. The minimum atomic E-state index is -0.596. The third-order valence-electron chi connectivity index (χ3n) is 3.32. The Morgan fingerprint density at radius 1 is 1.31 bits per heavy atom. The number of ether oxygens (including phenoxy) is 1. The van der Waals surface area contributed by atoms with Crippen LogP contribution in [0.2, 0.25) is 0 Å². The molecule has 1 fully saturated rings. The molecule has 1 amide bonds. The highest BCUT2D eigenvalue weighted by atomic mass is 79.9. The predicted octanol–water partition coefficient (Wildman–Crippen LogP) is 3.09. The Hall–Kier alpha value is -1.03. The highest BCUT2D eigenvalue weighted by Gasteiger charge is 2.46. The molecule has 1 aromatic carbocycles. The standard InChI is InChI=1S/C12H12BrNO2/c13-8-3-4-10-9(7-8)14-11(15)12(16-10)5-1-2-6-12/h3-4,7H,1-2,5-6H2,(H,14,15). The highest BCUT2D eigenvalue weighted by Crippen LogP contribution is 2.42. The van der Waals surface area contributed by atoms with Gasteiger partial charge in [-0.25, -0.2) is 0 Å². The second-order valence-corrected chi connectivity index (χ2v) is 5.31. The van der Waals surface area contributed by atoms with Crippen LogP contribution in [0.4, 0.5) is 5.69 Å². The van der Waals surface area contributed by atoms with E-state index in [1.165, 1.54) is 0 Å². The summed E-state index contributed by atoms with van der Waals surface area (Å²) in [5.41, 5.74) is 0.165. The fourth-order valence-electron chi connectivity index (χ4n) is 2.46. The van der Waals surface area contributed by atoms with Crippen molar-refractivity contribution in [2.24, 2.45) is 0 Å². The molecule has 16 heavy (non-hydrogen) atoms. The molecule has 0 unspecified atom stereocenters. The van der Waals surface area contributed by atoms with Crippen LogP contribution in [-0.2, 0) is 4.79 Å². The third kappa shape index (κ3) is 1.44. The molecule has 0 radical (unpaired) electrons.